The number of likely N-dealkylation sites (tertiary alicyclic amines) is 1. The third-order valence-corrected chi connectivity index (χ3v) is 4.39. The van der Waals surface area contributed by atoms with Crippen LogP contribution in [0.1, 0.15) is 28.8 Å². The Balaban J connectivity index is 1.70. The number of hydrogen-bond donors (Lipinski definition) is 1. The van der Waals surface area contributed by atoms with Gasteiger partial charge in [-0.1, -0.05) is 0 Å². The Morgan fingerprint density at radius 2 is 2.13 bits per heavy atom. The number of carbonyl (C=O) groups excluding carboxylic acids is 1. The number of nitrogens with zero attached hydrogens (tertiary/aromatic N) is 3. The summed E-state index contributed by atoms with van der Waals surface area (Å²) in [4.78, 5) is 14.7. The molecule has 0 bridgehead atoms. The highest BCUT2D eigenvalue weighted by Crippen LogP contribution is 2.19. The number of nitrogens with one attached hydrogen (secondary N) is 1. The highest BCUT2D eigenvalue weighted by atomic mass is 16.2. The molecule has 1 N–H and O–H groups in total. The quantitative estimate of drug-likeness (QED) is 0.942. The van der Waals surface area contributed by atoms with Gasteiger partial charge in [-0.15, -0.1) is 0 Å². The summed E-state index contributed by atoms with van der Waals surface area (Å²) < 4.78 is 1.83. The first-order valence-electron chi connectivity index (χ1n) is 8.23. The molecule has 2 aromatic rings. The molecular weight excluding hydrogens is 288 g/mol. The molecule has 0 spiro atoms. The van der Waals surface area contributed by atoms with Gasteiger partial charge in [0.2, 0.25) is 0 Å². The van der Waals surface area contributed by atoms with Gasteiger partial charge >= 0.3 is 0 Å². The van der Waals surface area contributed by atoms with Crippen LogP contribution in [-0.2, 0) is 0 Å². The van der Waals surface area contributed by atoms with E-state index in [0.29, 0.717) is 5.92 Å². The van der Waals surface area contributed by atoms with E-state index in [1.54, 1.807) is 0 Å². The van der Waals surface area contributed by atoms with E-state index in [1.807, 2.05) is 60.2 Å². The van der Waals surface area contributed by atoms with Crippen molar-refractivity contribution in [3.63, 3.8) is 0 Å². The molecule has 1 aromatic carbocycles. The molecule has 0 radical (unpaired) electrons. The van der Waals surface area contributed by atoms with Crippen LogP contribution in [0.25, 0.3) is 5.69 Å². The second-order valence-electron chi connectivity index (χ2n) is 6.33. The summed E-state index contributed by atoms with van der Waals surface area (Å²) >= 11 is 0. The lowest BCUT2D eigenvalue weighted by atomic mass is 9.97. The van der Waals surface area contributed by atoms with Crippen molar-refractivity contribution >= 4 is 5.91 Å². The third kappa shape index (κ3) is 3.62. The molecule has 23 heavy (non-hydrogen) atoms. The zero-order valence-corrected chi connectivity index (χ0v) is 13.8. The molecule has 1 saturated heterocycles. The second kappa shape index (κ2) is 6.96. The van der Waals surface area contributed by atoms with E-state index >= 15 is 0 Å². The van der Waals surface area contributed by atoms with Crippen LogP contribution in [0.15, 0.2) is 36.7 Å². The predicted molar refractivity (Wildman–Crippen MR) is 90.9 cm³/mol. The van der Waals surface area contributed by atoms with Gasteiger partial charge in [-0.25, -0.2) is 4.68 Å². The van der Waals surface area contributed by atoms with Crippen molar-refractivity contribution in [2.45, 2.75) is 19.8 Å². The Morgan fingerprint density at radius 1 is 1.35 bits per heavy atom. The van der Waals surface area contributed by atoms with Crippen LogP contribution in [0.4, 0.5) is 0 Å². The molecule has 1 aromatic heterocycles. The molecule has 1 atom stereocenters. The molecule has 122 valence electrons. The van der Waals surface area contributed by atoms with E-state index in [1.165, 1.54) is 6.42 Å². The minimum atomic E-state index is 0.133. The Labute approximate surface area is 137 Å². The second-order valence-corrected chi connectivity index (χ2v) is 6.33. The average Bonchev–Trinajstić information content (AvgIpc) is 3.01. The Hall–Kier alpha value is -2.14. The van der Waals surface area contributed by atoms with Crippen LogP contribution in [0.3, 0.4) is 0 Å². The predicted octanol–water partition coefficient (Wildman–Crippen LogP) is 2.25. The van der Waals surface area contributed by atoms with Gasteiger partial charge in [-0.3, -0.25) is 4.79 Å². The maximum absolute atomic E-state index is 12.7. The molecule has 5 heteroatoms. The summed E-state index contributed by atoms with van der Waals surface area (Å²) in [5.74, 6) is 0.693. The van der Waals surface area contributed by atoms with Gasteiger partial charge in [0.05, 0.1) is 11.9 Å². The number of aromatic nitrogens is 2. The van der Waals surface area contributed by atoms with E-state index in [2.05, 4.69) is 10.4 Å². The number of piperidine rings is 1. The molecule has 0 aliphatic carbocycles. The van der Waals surface area contributed by atoms with Gasteiger partial charge in [-0.2, -0.15) is 5.10 Å². The molecular formula is C18H24N4O. The summed E-state index contributed by atoms with van der Waals surface area (Å²) in [5.41, 5.74) is 2.85. The van der Waals surface area contributed by atoms with Crippen LogP contribution in [0, 0.1) is 12.8 Å². The van der Waals surface area contributed by atoms with Gasteiger partial charge in [0.25, 0.3) is 5.91 Å². The van der Waals surface area contributed by atoms with Crippen LogP contribution in [0.2, 0.25) is 0 Å². The lowest BCUT2D eigenvalue weighted by molar-refractivity contribution is 0.0674. The van der Waals surface area contributed by atoms with Crippen molar-refractivity contribution in [1.29, 1.82) is 0 Å². The van der Waals surface area contributed by atoms with Crippen LogP contribution in [-0.4, -0.2) is 47.3 Å². The summed E-state index contributed by atoms with van der Waals surface area (Å²) in [5, 5.41) is 7.51. The molecule has 5 nitrogen and oxygen atoms in total. The van der Waals surface area contributed by atoms with Crippen molar-refractivity contribution in [3.8, 4) is 5.69 Å². The van der Waals surface area contributed by atoms with Gasteiger partial charge in [0.1, 0.15) is 0 Å². The lowest BCUT2D eigenvalue weighted by Gasteiger charge is -2.32. The molecule has 0 saturated carbocycles. The zero-order valence-electron chi connectivity index (χ0n) is 13.8. The molecule has 1 fully saturated rings. The van der Waals surface area contributed by atoms with Crippen LogP contribution >= 0.6 is 0 Å². The zero-order chi connectivity index (χ0) is 16.2. The first kappa shape index (κ1) is 15.7. The van der Waals surface area contributed by atoms with Gasteiger partial charge < -0.3 is 10.2 Å². The van der Waals surface area contributed by atoms with Crippen molar-refractivity contribution < 1.29 is 4.79 Å². The maximum atomic E-state index is 12.7. The standard InChI is InChI=1S/C18H24N4O/c1-14-10-20-22(12-14)17-7-5-16(6-8-17)18(23)21-9-3-4-15(13-21)11-19-2/h5-8,10,12,15,19H,3-4,9,11,13H2,1-2H3/t15-/m1/s1. The normalized spacial score (nSPS) is 18.2. The number of carbonyl (C=O) groups is 1. The molecule has 3 rings (SSSR count). The highest BCUT2D eigenvalue weighted by Gasteiger charge is 2.24. The van der Waals surface area contributed by atoms with E-state index in [-0.39, 0.29) is 5.91 Å². The fraction of sp³-hybridized carbons (Fsp3) is 0.444. The smallest absolute Gasteiger partial charge is 0.253 e. The first-order valence-corrected chi connectivity index (χ1v) is 8.23. The van der Waals surface area contributed by atoms with Crippen molar-refractivity contribution in [2.24, 2.45) is 5.92 Å². The average molecular weight is 312 g/mol. The van der Waals surface area contributed by atoms with E-state index < -0.39 is 0 Å². The summed E-state index contributed by atoms with van der Waals surface area (Å²) in [6, 6.07) is 7.70. The molecule has 2 heterocycles. The Bertz CT molecular complexity index is 660. The minimum absolute atomic E-state index is 0.133. The number of amides is 1. The van der Waals surface area contributed by atoms with Gasteiger partial charge in [-0.05, 0) is 69.1 Å². The lowest BCUT2D eigenvalue weighted by Crippen LogP contribution is -2.42. The maximum Gasteiger partial charge on any atom is 0.253 e. The number of aryl methyl sites for hydroxylation is 1. The van der Waals surface area contributed by atoms with E-state index in [4.69, 9.17) is 0 Å². The van der Waals surface area contributed by atoms with E-state index in [9.17, 15) is 4.79 Å². The van der Waals surface area contributed by atoms with Gasteiger partial charge in [0, 0.05) is 24.8 Å². The first-order chi connectivity index (χ1) is 11.2. The van der Waals surface area contributed by atoms with Gasteiger partial charge in [0.15, 0.2) is 0 Å². The summed E-state index contributed by atoms with van der Waals surface area (Å²) in [6.07, 6.45) is 6.09. The SMILES string of the molecule is CNC[C@H]1CCCN(C(=O)c2ccc(-n3cc(C)cn3)cc2)C1. The molecule has 1 amide bonds. The molecule has 1 aliphatic heterocycles. The largest absolute Gasteiger partial charge is 0.338 e. The number of hydrogen-bond acceptors (Lipinski definition) is 3. The molecule has 0 unspecified atom stereocenters. The topological polar surface area (TPSA) is 50.2 Å². The Morgan fingerprint density at radius 3 is 2.78 bits per heavy atom. The number of rotatable bonds is 4. The minimum Gasteiger partial charge on any atom is -0.338 e. The van der Waals surface area contributed by atoms with Crippen molar-refractivity contribution in [3.05, 3.63) is 47.8 Å². The van der Waals surface area contributed by atoms with Crippen molar-refractivity contribution in [2.75, 3.05) is 26.7 Å². The van der Waals surface area contributed by atoms with Crippen LogP contribution in [0.5, 0.6) is 0 Å². The monoisotopic (exact) mass is 312 g/mol. The fourth-order valence-corrected chi connectivity index (χ4v) is 3.20. The number of benzene rings is 1. The summed E-state index contributed by atoms with van der Waals surface area (Å²) in [6.45, 7) is 4.69. The van der Waals surface area contributed by atoms with Crippen molar-refractivity contribution in [1.82, 2.24) is 20.0 Å². The Kier molecular flexibility index (Phi) is 4.76. The summed E-state index contributed by atoms with van der Waals surface area (Å²) in [7, 11) is 1.97. The van der Waals surface area contributed by atoms with E-state index in [0.717, 1.165) is 42.9 Å². The fourth-order valence-electron chi connectivity index (χ4n) is 3.20. The van der Waals surface area contributed by atoms with Crippen LogP contribution < -0.4 is 5.32 Å². The highest BCUT2D eigenvalue weighted by molar-refractivity contribution is 5.94. The third-order valence-electron chi connectivity index (χ3n) is 4.39. The molecule has 1 aliphatic rings.